The molecule has 0 saturated carbocycles. The minimum atomic E-state index is 1.08. The van der Waals surface area contributed by atoms with E-state index in [1.165, 1.54) is 16.7 Å². The van der Waals surface area contributed by atoms with Crippen LogP contribution in [0.25, 0.3) is 6.08 Å². The highest BCUT2D eigenvalue weighted by Gasteiger charge is 1.96. The first-order valence-electron chi connectivity index (χ1n) is 4.88. The first kappa shape index (κ1) is 10.7. The zero-order valence-corrected chi connectivity index (χ0v) is 9.33. The van der Waals surface area contributed by atoms with E-state index in [9.17, 15) is 0 Å². The maximum Gasteiger partial charge on any atom is 0.0444 e. The van der Waals surface area contributed by atoms with Gasteiger partial charge in [-0.15, -0.1) is 0 Å². The molecular formula is C13H17N. The Morgan fingerprint density at radius 2 is 2.00 bits per heavy atom. The molecule has 0 radical (unpaired) electrons. The van der Waals surface area contributed by atoms with Crippen molar-refractivity contribution in [3.63, 3.8) is 0 Å². The van der Waals surface area contributed by atoms with Crippen LogP contribution in [0.15, 0.2) is 35.6 Å². The van der Waals surface area contributed by atoms with Gasteiger partial charge in [0.1, 0.15) is 0 Å². The lowest BCUT2D eigenvalue weighted by molar-refractivity contribution is 1.19. The van der Waals surface area contributed by atoms with Crippen molar-refractivity contribution >= 4 is 6.08 Å². The van der Waals surface area contributed by atoms with Gasteiger partial charge in [-0.3, -0.25) is 4.98 Å². The molecule has 0 aliphatic heterocycles. The third-order valence-corrected chi connectivity index (χ3v) is 2.47. The van der Waals surface area contributed by atoms with Crippen molar-refractivity contribution in [3.05, 3.63) is 46.8 Å². The number of rotatable bonds is 2. The van der Waals surface area contributed by atoms with Gasteiger partial charge in [0.15, 0.2) is 0 Å². The number of aryl methyl sites for hydroxylation is 1. The second kappa shape index (κ2) is 4.75. The van der Waals surface area contributed by atoms with Crippen LogP contribution < -0.4 is 0 Å². The van der Waals surface area contributed by atoms with E-state index in [0.29, 0.717) is 0 Å². The monoisotopic (exact) mass is 187 g/mol. The largest absolute Gasteiger partial charge is 0.261 e. The van der Waals surface area contributed by atoms with Crippen molar-refractivity contribution in [2.75, 3.05) is 0 Å². The molecule has 1 rings (SSSR count). The molecule has 0 fully saturated rings. The molecule has 0 aliphatic rings. The van der Waals surface area contributed by atoms with E-state index in [1.54, 1.807) is 0 Å². The second-order valence-corrected chi connectivity index (χ2v) is 3.48. The average Bonchev–Trinajstić information content (AvgIpc) is 2.20. The third-order valence-electron chi connectivity index (χ3n) is 2.47. The van der Waals surface area contributed by atoms with Crippen LogP contribution in [0.1, 0.15) is 32.0 Å². The van der Waals surface area contributed by atoms with Crippen LogP contribution in [0, 0.1) is 6.92 Å². The predicted octanol–water partition coefficient (Wildman–Crippen LogP) is 3.76. The predicted molar refractivity (Wildman–Crippen MR) is 62.1 cm³/mol. The maximum atomic E-state index is 4.25. The Bertz CT molecular complexity index is 373. The zero-order chi connectivity index (χ0) is 10.6. The van der Waals surface area contributed by atoms with Gasteiger partial charge < -0.3 is 0 Å². The summed E-state index contributed by atoms with van der Waals surface area (Å²) in [6.07, 6.45) is 6.12. The number of hydrogen-bond acceptors (Lipinski definition) is 1. The highest BCUT2D eigenvalue weighted by molar-refractivity contribution is 5.58. The first-order chi connectivity index (χ1) is 6.65. The number of allylic oxidation sites excluding steroid dienone is 3. The van der Waals surface area contributed by atoms with Gasteiger partial charge in [-0.25, -0.2) is 0 Å². The molecule has 1 heterocycles. The molecule has 0 amide bonds. The number of hydrogen-bond donors (Lipinski definition) is 0. The molecule has 0 unspecified atom stereocenters. The van der Waals surface area contributed by atoms with E-state index in [-0.39, 0.29) is 0 Å². The Kier molecular flexibility index (Phi) is 3.63. The summed E-state index contributed by atoms with van der Waals surface area (Å²) in [5.74, 6) is 0. The summed E-state index contributed by atoms with van der Waals surface area (Å²) in [6.45, 7) is 8.34. The van der Waals surface area contributed by atoms with Crippen LogP contribution in [0.4, 0.5) is 0 Å². The standard InChI is InChI=1S/C13H17N/c1-5-10(2)11(3)9-13-7-6-8-14-12(13)4/h5-9H,1-4H3/b10-5+,11-9+. The van der Waals surface area contributed by atoms with Gasteiger partial charge in [0.25, 0.3) is 0 Å². The number of nitrogens with zero attached hydrogens (tertiary/aromatic N) is 1. The molecule has 0 bridgehead atoms. The smallest absolute Gasteiger partial charge is 0.0444 e. The minimum absolute atomic E-state index is 1.08. The van der Waals surface area contributed by atoms with E-state index in [4.69, 9.17) is 0 Å². The fourth-order valence-electron chi connectivity index (χ4n) is 1.22. The van der Waals surface area contributed by atoms with E-state index >= 15 is 0 Å². The van der Waals surface area contributed by atoms with Crippen molar-refractivity contribution < 1.29 is 0 Å². The molecule has 0 N–H and O–H groups in total. The Labute approximate surface area is 86.2 Å². The van der Waals surface area contributed by atoms with Gasteiger partial charge in [-0.1, -0.05) is 17.7 Å². The number of pyridine rings is 1. The van der Waals surface area contributed by atoms with Crippen LogP contribution in [0.5, 0.6) is 0 Å². The van der Waals surface area contributed by atoms with Crippen molar-refractivity contribution in [2.45, 2.75) is 27.7 Å². The van der Waals surface area contributed by atoms with Crippen molar-refractivity contribution in [1.29, 1.82) is 0 Å². The van der Waals surface area contributed by atoms with Crippen molar-refractivity contribution in [1.82, 2.24) is 4.98 Å². The topological polar surface area (TPSA) is 12.9 Å². The number of aromatic nitrogens is 1. The van der Waals surface area contributed by atoms with E-state index < -0.39 is 0 Å². The van der Waals surface area contributed by atoms with Crippen molar-refractivity contribution in [2.24, 2.45) is 0 Å². The van der Waals surface area contributed by atoms with Gasteiger partial charge in [-0.05, 0) is 51.0 Å². The summed E-state index contributed by atoms with van der Waals surface area (Å²) in [5, 5.41) is 0. The Hall–Kier alpha value is -1.37. The minimum Gasteiger partial charge on any atom is -0.261 e. The fraction of sp³-hybridized carbons (Fsp3) is 0.308. The molecule has 0 spiro atoms. The van der Waals surface area contributed by atoms with Crippen LogP contribution in [0.2, 0.25) is 0 Å². The van der Waals surface area contributed by atoms with Gasteiger partial charge in [0.05, 0.1) is 0 Å². The van der Waals surface area contributed by atoms with Crippen LogP contribution in [0.3, 0.4) is 0 Å². The fourth-order valence-corrected chi connectivity index (χ4v) is 1.22. The van der Waals surface area contributed by atoms with Gasteiger partial charge in [0.2, 0.25) is 0 Å². The highest BCUT2D eigenvalue weighted by Crippen LogP contribution is 2.14. The average molecular weight is 187 g/mol. The molecule has 1 heteroatoms. The molecule has 14 heavy (non-hydrogen) atoms. The maximum absolute atomic E-state index is 4.25. The second-order valence-electron chi connectivity index (χ2n) is 3.48. The summed E-state index contributed by atoms with van der Waals surface area (Å²) >= 11 is 0. The lowest BCUT2D eigenvalue weighted by Crippen LogP contribution is -1.86. The zero-order valence-electron chi connectivity index (χ0n) is 9.33. The molecule has 1 nitrogen and oxygen atoms in total. The molecular weight excluding hydrogens is 170 g/mol. The Morgan fingerprint density at radius 1 is 1.29 bits per heavy atom. The van der Waals surface area contributed by atoms with E-state index in [2.05, 4.69) is 44.0 Å². The van der Waals surface area contributed by atoms with Crippen LogP contribution in [-0.4, -0.2) is 4.98 Å². The normalized spacial score (nSPS) is 13.1. The summed E-state index contributed by atoms with van der Waals surface area (Å²) in [6, 6.07) is 4.06. The molecule has 0 saturated heterocycles. The Morgan fingerprint density at radius 3 is 2.57 bits per heavy atom. The molecule has 0 atom stereocenters. The quantitative estimate of drug-likeness (QED) is 0.642. The first-order valence-corrected chi connectivity index (χ1v) is 4.88. The summed E-state index contributed by atoms with van der Waals surface area (Å²) < 4.78 is 0. The van der Waals surface area contributed by atoms with E-state index in [0.717, 1.165) is 5.69 Å². The summed E-state index contributed by atoms with van der Waals surface area (Å²) in [4.78, 5) is 4.25. The lowest BCUT2D eigenvalue weighted by Gasteiger charge is -2.02. The molecule has 0 aromatic carbocycles. The summed E-state index contributed by atoms with van der Waals surface area (Å²) in [5.41, 5.74) is 4.89. The molecule has 74 valence electrons. The van der Waals surface area contributed by atoms with Crippen molar-refractivity contribution in [3.8, 4) is 0 Å². The Balaban J connectivity index is 3.04. The van der Waals surface area contributed by atoms with Gasteiger partial charge in [-0.2, -0.15) is 0 Å². The van der Waals surface area contributed by atoms with E-state index in [1.807, 2.05) is 19.2 Å². The van der Waals surface area contributed by atoms with Gasteiger partial charge in [0, 0.05) is 11.9 Å². The van der Waals surface area contributed by atoms with Crippen LogP contribution in [-0.2, 0) is 0 Å². The summed E-state index contributed by atoms with van der Waals surface area (Å²) in [7, 11) is 0. The third kappa shape index (κ3) is 2.56. The SMILES string of the molecule is C/C=C(C)/C(C)=C/c1cccnc1C. The lowest BCUT2D eigenvalue weighted by atomic mass is 10.1. The molecule has 1 aromatic heterocycles. The van der Waals surface area contributed by atoms with Gasteiger partial charge >= 0.3 is 0 Å². The molecule has 1 aromatic rings. The molecule has 0 aliphatic carbocycles. The van der Waals surface area contributed by atoms with Crippen LogP contribution >= 0.6 is 0 Å². The highest BCUT2D eigenvalue weighted by atomic mass is 14.7.